The third-order valence-electron chi connectivity index (χ3n) is 4.75. The van der Waals surface area contributed by atoms with Gasteiger partial charge in [-0.25, -0.2) is 0 Å². The molecule has 2 fully saturated rings. The van der Waals surface area contributed by atoms with Crippen molar-refractivity contribution in [1.29, 1.82) is 0 Å². The summed E-state index contributed by atoms with van der Waals surface area (Å²) in [5.74, 6) is 0.802. The Hall–Kier alpha value is -0.330. The van der Waals surface area contributed by atoms with Crippen LogP contribution in [-0.2, 0) is 11.3 Å². The van der Waals surface area contributed by atoms with Gasteiger partial charge in [0, 0.05) is 24.5 Å². The average molecular weight is 394 g/mol. The van der Waals surface area contributed by atoms with Gasteiger partial charge in [-0.15, -0.1) is 36.2 Å². The van der Waals surface area contributed by atoms with Crippen LogP contribution in [0.15, 0.2) is 17.5 Å². The van der Waals surface area contributed by atoms with Gasteiger partial charge in [0.25, 0.3) is 0 Å². The Labute approximate surface area is 161 Å². The first-order valence-corrected chi connectivity index (χ1v) is 9.45. The van der Waals surface area contributed by atoms with Crippen molar-refractivity contribution in [2.24, 2.45) is 5.92 Å². The van der Waals surface area contributed by atoms with Crippen molar-refractivity contribution in [1.82, 2.24) is 15.5 Å². The van der Waals surface area contributed by atoms with Gasteiger partial charge in [-0.3, -0.25) is 9.69 Å². The van der Waals surface area contributed by atoms with Crippen LogP contribution in [0.3, 0.4) is 0 Å². The van der Waals surface area contributed by atoms with Crippen LogP contribution in [0.25, 0.3) is 0 Å². The molecule has 0 saturated carbocycles. The third-order valence-corrected chi connectivity index (χ3v) is 5.62. The van der Waals surface area contributed by atoms with Crippen LogP contribution in [0, 0.1) is 5.92 Å². The fraction of sp³-hybridized carbons (Fsp3) is 0.706. The van der Waals surface area contributed by atoms with Crippen molar-refractivity contribution in [3.8, 4) is 0 Å². The second-order valence-electron chi connectivity index (χ2n) is 6.57. The van der Waals surface area contributed by atoms with Gasteiger partial charge in [0.1, 0.15) is 0 Å². The van der Waals surface area contributed by atoms with Gasteiger partial charge in [0.2, 0.25) is 5.91 Å². The molecule has 4 nitrogen and oxygen atoms in total. The van der Waals surface area contributed by atoms with Gasteiger partial charge in [0.05, 0.1) is 6.04 Å². The Morgan fingerprint density at radius 1 is 1.29 bits per heavy atom. The summed E-state index contributed by atoms with van der Waals surface area (Å²) in [5, 5.41) is 8.65. The maximum atomic E-state index is 12.2. The summed E-state index contributed by atoms with van der Waals surface area (Å²) in [6.07, 6.45) is 5.83. The van der Waals surface area contributed by atoms with E-state index in [-0.39, 0.29) is 36.8 Å². The van der Waals surface area contributed by atoms with E-state index in [1.807, 2.05) is 11.3 Å². The van der Waals surface area contributed by atoms with Gasteiger partial charge in [-0.1, -0.05) is 12.5 Å². The number of thiophene rings is 1. The fourth-order valence-corrected chi connectivity index (χ4v) is 4.27. The highest BCUT2D eigenvalue weighted by atomic mass is 35.5. The number of likely N-dealkylation sites (tertiary alicyclic amines) is 1. The number of nitrogens with one attached hydrogen (secondary N) is 2. The number of hydrogen-bond acceptors (Lipinski definition) is 4. The molecule has 2 N–H and O–H groups in total. The number of hydrogen-bond donors (Lipinski definition) is 2. The van der Waals surface area contributed by atoms with E-state index in [0.717, 1.165) is 32.6 Å². The molecule has 1 aromatic heterocycles. The van der Waals surface area contributed by atoms with Crippen molar-refractivity contribution >= 4 is 42.1 Å². The zero-order chi connectivity index (χ0) is 15.2. The second-order valence-corrected chi connectivity index (χ2v) is 7.60. The molecule has 0 spiro atoms. The molecule has 2 saturated heterocycles. The molecule has 1 aromatic rings. The first-order valence-electron chi connectivity index (χ1n) is 8.57. The van der Waals surface area contributed by atoms with E-state index in [4.69, 9.17) is 0 Å². The Morgan fingerprint density at radius 2 is 2.17 bits per heavy atom. The van der Waals surface area contributed by atoms with Gasteiger partial charge in [-0.2, -0.15) is 0 Å². The zero-order valence-electron chi connectivity index (χ0n) is 14.0. The van der Waals surface area contributed by atoms with E-state index in [1.165, 1.54) is 37.1 Å². The first kappa shape index (κ1) is 21.7. The summed E-state index contributed by atoms with van der Waals surface area (Å²) in [6.45, 7) is 5.17. The van der Waals surface area contributed by atoms with Crippen LogP contribution >= 0.6 is 36.2 Å². The molecule has 0 radical (unpaired) electrons. The van der Waals surface area contributed by atoms with Gasteiger partial charge in [-0.05, 0) is 56.1 Å². The molecule has 3 heterocycles. The summed E-state index contributed by atoms with van der Waals surface area (Å²) in [7, 11) is 0. The Kier molecular flexibility index (Phi) is 10.2. The van der Waals surface area contributed by atoms with Crippen LogP contribution in [0.2, 0.25) is 0 Å². The number of rotatable bonds is 5. The van der Waals surface area contributed by atoms with E-state index in [2.05, 4.69) is 33.0 Å². The molecular weight excluding hydrogens is 365 g/mol. The van der Waals surface area contributed by atoms with E-state index < -0.39 is 0 Å². The molecule has 2 aliphatic rings. The largest absolute Gasteiger partial charge is 0.354 e. The Bertz CT molecular complexity index is 466. The summed E-state index contributed by atoms with van der Waals surface area (Å²) in [6, 6.07) is 4.38. The van der Waals surface area contributed by atoms with E-state index in [9.17, 15) is 4.79 Å². The molecule has 2 atom stereocenters. The molecule has 0 aliphatic carbocycles. The van der Waals surface area contributed by atoms with Gasteiger partial charge < -0.3 is 10.6 Å². The Morgan fingerprint density at radius 3 is 2.88 bits per heavy atom. The quantitative estimate of drug-likeness (QED) is 0.807. The molecule has 2 aliphatic heterocycles. The molecule has 1 amide bonds. The van der Waals surface area contributed by atoms with Crippen molar-refractivity contribution < 1.29 is 4.79 Å². The van der Waals surface area contributed by atoms with E-state index in [0.29, 0.717) is 5.92 Å². The summed E-state index contributed by atoms with van der Waals surface area (Å²) in [5.41, 5.74) is 0. The molecule has 1 unspecified atom stereocenters. The fourth-order valence-electron chi connectivity index (χ4n) is 3.53. The van der Waals surface area contributed by atoms with Crippen molar-refractivity contribution in [2.75, 3.05) is 26.2 Å². The molecule has 3 rings (SSSR count). The van der Waals surface area contributed by atoms with Crippen LogP contribution in [0.1, 0.15) is 37.0 Å². The lowest BCUT2D eigenvalue weighted by Gasteiger charge is -2.33. The maximum absolute atomic E-state index is 12.2. The maximum Gasteiger partial charge on any atom is 0.237 e. The highest BCUT2D eigenvalue weighted by Gasteiger charge is 2.23. The van der Waals surface area contributed by atoms with Crippen LogP contribution in [0.4, 0.5) is 0 Å². The van der Waals surface area contributed by atoms with Crippen molar-refractivity contribution in [3.05, 3.63) is 22.4 Å². The lowest BCUT2D eigenvalue weighted by Crippen LogP contribution is -2.49. The number of carbonyl (C=O) groups is 1. The third kappa shape index (κ3) is 6.52. The molecular formula is C17H29Cl2N3OS. The predicted octanol–water partition coefficient (Wildman–Crippen LogP) is 3.06. The summed E-state index contributed by atoms with van der Waals surface area (Å²) < 4.78 is 0. The molecule has 0 aromatic carbocycles. The minimum atomic E-state index is 0. The van der Waals surface area contributed by atoms with Crippen LogP contribution in [-0.4, -0.2) is 43.0 Å². The van der Waals surface area contributed by atoms with Crippen LogP contribution < -0.4 is 10.6 Å². The summed E-state index contributed by atoms with van der Waals surface area (Å²) in [4.78, 5) is 16.2. The predicted molar refractivity (Wildman–Crippen MR) is 105 cm³/mol. The number of piperidine rings is 2. The molecule has 0 bridgehead atoms. The number of amides is 1. The smallest absolute Gasteiger partial charge is 0.237 e. The van der Waals surface area contributed by atoms with Crippen LogP contribution in [0.5, 0.6) is 0 Å². The SMILES string of the molecule is Cl.Cl.O=C(NCC1CCCN(Cc2cccs2)C1)[C@H]1CCCCN1. The standard InChI is InChI=1S/C17H27N3OS.2ClH/c21-17(16-7-1-2-8-18-16)19-11-14-5-3-9-20(12-14)13-15-6-4-10-22-15;;/h4,6,10,14,16,18H,1-3,5,7-9,11-13H2,(H,19,21);2*1H/t14?,16-;;/m1../s1. The first-order chi connectivity index (χ1) is 10.8. The number of carbonyl (C=O) groups excluding carboxylic acids is 1. The zero-order valence-corrected chi connectivity index (χ0v) is 16.5. The highest BCUT2D eigenvalue weighted by Crippen LogP contribution is 2.20. The topological polar surface area (TPSA) is 44.4 Å². The summed E-state index contributed by atoms with van der Waals surface area (Å²) >= 11 is 1.84. The number of halogens is 2. The minimum Gasteiger partial charge on any atom is -0.354 e. The molecule has 24 heavy (non-hydrogen) atoms. The van der Waals surface area contributed by atoms with E-state index >= 15 is 0 Å². The van der Waals surface area contributed by atoms with Gasteiger partial charge >= 0.3 is 0 Å². The highest BCUT2D eigenvalue weighted by molar-refractivity contribution is 7.09. The minimum absolute atomic E-state index is 0. The molecule has 7 heteroatoms. The van der Waals surface area contributed by atoms with Crippen molar-refractivity contribution in [2.45, 2.75) is 44.7 Å². The van der Waals surface area contributed by atoms with E-state index in [1.54, 1.807) is 0 Å². The lowest BCUT2D eigenvalue weighted by atomic mass is 9.97. The van der Waals surface area contributed by atoms with Gasteiger partial charge in [0.15, 0.2) is 0 Å². The monoisotopic (exact) mass is 393 g/mol. The lowest BCUT2D eigenvalue weighted by molar-refractivity contribution is -0.123. The van der Waals surface area contributed by atoms with Crippen molar-refractivity contribution in [3.63, 3.8) is 0 Å². The number of nitrogens with zero attached hydrogens (tertiary/aromatic N) is 1. The average Bonchev–Trinajstić information content (AvgIpc) is 3.07. The second kappa shape index (κ2) is 11.3. The Balaban J connectivity index is 0.00000144. The molecule has 138 valence electrons. The normalized spacial score (nSPS) is 24.5.